The first kappa shape index (κ1) is 12.5. The van der Waals surface area contributed by atoms with Crippen molar-refractivity contribution in [1.82, 2.24) is 0 Å². The second kappa shape index (κ2) is 4.11. The van der Waals surface area contributed by atoms with Crippen LogP contribution in [-0.2, 0) is 11.2 Å². The molecule has 88 valence electrons. The molecule has 5 N–H and O–H groups in total. The van der Waals surface area contributed by atoms with Crippen molar-refractivity contribution in [3.8, 4) is 0 Å². The summed E-state index contributed by atoms with van der Waals surface area (Å²) in [5.74, 6) is -5.33. The molecule has 0 heterocycles. The highest BCUT2D eigenvalue weighted by molar-refractivity contribution is 5.78. The summed E-state index contributed by atoms with van der Waals surface area (Å²) in [5.41, 5.74) is 7.66. The van der Waals surface area contributed by atoms with E-state index in [0.717, 1.165) is 0 Å². The molecule has 0 radical (unpaired) electrons. The molecular weight excluding hydrogens is 225 g/mol. The molecule has 0 spiro atoms. The van der Waals surface area contributed by atoms with Gasteiger partial charge in [-0.25, -0.2) is 18.0 Å². The number of benzene rings is 1. The predicted molar refractivity (Wildman–Crippen MR) is 48.8 cm³/mol. The van der Waals surface area contributed by atoms with Gasteiger partial charge in [0.15, 0.2) is 17.3 Å². The molecule has 1 aromatic carbocycles. The number of carboxylic acid groups (broad SMARTS) is 1. The number of rotatable bonds is 3. The SMILES string of the molecule is NC(N)(Cc1cc(F)c(F)cc1F)C(=O)O. The number of halogens is 3. The maximum atomic E-state index is 13.1. The molecule has 1 aromatic rings. The van der Waals surface area contributed by atoms with E-state index in [2.05, 4.69) is 0 Å². The Bertz CT molecular complexity index is 435. The summed E-state index contributed by atoms with van der Waals surface area (Å²) in [4.78, 5) is 10.5. The standard InChI is InChI=1S/C9H9F3N2O2/c10-5-2-7(12)6(11)1-4(5)3-9(13,14)8(15)16/h1-2H,3,13-14H2,(H,15,16). The molecule has 0 aromatic heterocycles. The van der Waals surface area contributed by atoms with E-state index >= 15 is 0 Å². The maximum absolute atomic E-state index is 13.1. The van der Waals surface area contributed by atoms with Crippen LogP contribution in [0.4, 0.5) is 13.2 Å². The van der Waals surface area contributed by atoms with Gasteiger partial charge < -0.3 is 16.6 Å². The van der Waals surface area contributed by atoms with Crippen molar-refractivity contribution in [2.24, 2.45) is 11.5 Å². The summed E-state index contributed by atoms with van der Waals surface area (Å²) < 4.78 is 38.4. The van der Waals surface area contributed by atoms with Crippen LogP contribution >= 0.6 is 0 Å². The Morgan fingerprint density at radius 1 is 1.19 bits per heavy atom. The lowest BCUT2D eigenvalue weighted by Gasteiger charge is -2.19. The van der Waals surface area contributed by atoms with Gasteiger partial charge in [0.2, 0.25) is 0 Å². The minimum atomic E-state index is -2.23. The molecule has 0 saturated carbocycles. The summed E-state index contributed by atoms with van der Waals surface area (Å²) in [7, 11) is 0. The maximum Gasteiger partial charge on any atom is 0.338 e. The summed E-state index contributed by atoms with van der Waals surface area (Å²) in [5, 5.41) is 8.58. The zero-order valence-electron chi connectivity index (χ0n) is 8.01. The van der Waals surface area contributed by atoms with Crippen LogP contribution in [0.3, 0.4) is 0 Å². The Morgan fingerprint density at radius 3 is 2.19 bits per heavy atom. The molecule has 7 heteroatoms. The topological polar surface area (TPSA) is 89.3 Å². The molecule has 0 aliphatic heterocycles. The molecule has 0 unspecified atom stereocenters. The Kier molecular flexibility index (Phi) is 3.20. The fourth-order valence-corrected chi connectivity index (χ4v) is 1.09. The lowest BCUT2D eigenvalue weighted by Crippen LogP contribution is -2.58. The fourth-order valence-electron chi connectivity index (χ4n) is 1.09. The first-order valence-electron chi connectivity index (χ1n) is 4.18. The molecule has 0 atom stereocenters. The molecule has 0 aliphatic rings. The molecule has 16 heavy (non-hydrogen) atoms. The summed E-state index contributed by atoms with van der Waals surface area (Å²) in [6.07, 6.45) is -0.647. The lowest BCUT2D eigenvalue weighted by molar-refractivity contribution is -0.143. The van der Waals surface area contributed by atoms with Crippen LogP contribution in [-0.4, -0.2) is 16.7 Å². The Balaban J connectivity index is 3.07. The van der Waals surface area contributed by atoms with E-state index in [0.29, 0.717) is 12.1 Å². The van der Waals surface area contributed by atoms with Gasteiger partial charge >= 0.3 is 5.97 Å². The highest BCUT2D eigenvalue weighted by Crippen LogP contribution is 2.16. The van der Waals surface area contributed by atoms with Gasteiger partial charge in [-0.2, -0.15) is 0 Å². The third-order valence-corrected chi connectivity index (χ3v) is 1.97. The zero-order valence-corrected chi connectivity index (χ0v) is 8.01. The number of hydrogen-bond acceptors (Lipinski definition) is 3. The molecule has 0 amide bonds. The number of carbonyl (C=O) groups is 1. The van der Waals surface area contributed by atoms with E-state index in [4.69, 9.17) is 16.6 Å². The van der Waals surface area contributed by atoms with E-state index in [1.807, 2.05) is 0 Å². The van der Waals surface area contributed by atoms with E-state index in [9.17, 15) is 18.0 Å². The average Bonchev–Trinajstić information content (AvgIpc) is 2.13. The van der Waals surface area contributed by atoms with Crippen molar-refractivity contribution in [3.63, 3.8) is 0 Å². The van der Waals surface area contributed by atoms with Crippen LogP contribution in [0.2, 0.25) is 0 Å². The Morgan fingerprint density at radius 2 is 1.69 bits per heavy atom. The van der Waals surface area contributed by atoms with Gasteiger partial charge in [-0.05, 0) is 11.6 Å². The summed E-state index contributed by atoms with van der Waals surface area (Å²) >= 11 is 0. The van der Waals surface area contributed by atoms with Gasteiger partial charge in [0.05, 0.1) is 0 Å². The van der Waals surface area contributed by atoms with Crippen LogP contribution in [0.25, 0.3) is 0 Å². The van der Waals surface area contributed by atoms with Crippen molar-refractivity contribution in [3.05, 3.63) is 35.1 Å². The highest BCUT2D eigenvalue weighted by atomic mass is 19.2. The Hall–Kier alpha value is -1.60. The van der Waals surface area contributed by atoms with Crippen LogP contribution < -0.4 is 11.5 Å². The van der Waals surface area contributed by atoms with Crippen molar-refractivity contribution in [1.29, 1.82) is 0 Å². The van der Waals surface area contributed by atoms with Crippen molar-refractivity contribution in [2.45, 2.75) is 12.1 Å². The minimum absolute atomic E-state index is 0.308. The molecule has 0 aliphatic carbocycles. The van der Waals surface area contributed by atoms with Gasteiger partial charge in [-0.1, -0.05) is 0 Å². The van der Waals surface area contributed by atoms with Gasteiger partial charge in [-0.15, -0.1) is 0 Å². The van der Waals surface area contributed by atoms with Gasteiger partial charge in [0.1, 0.15) is 5.82 Å². The number of nitrogens with two attached hydrogens (primary N) is 2. The zero-order chi connectivity index (χ0) is 12.5. The van der Waals surface area contributed by atoms with E-state index in [1.54, 1.807) is 0 Å². The number of carboxylic acids is 1. The second-order valence-corrected chi connectivity index (χ2v) is 3.38. The minimum Gasteiger partial charge on any atom is -0.479 e. The quantitative estimate of drug-likeness (QED) is 0.520. The third-order valence-electron chi connectivity index (χ3n) is 1.97. The van der Waals surface area contributed by atoms with Gasteiger partial charge in [-0.3, -0.25) is 0 Å². The van der Waals surface area contributed by atoms with Crippen molar-refractivity contribution < 1.29 is 23.1 Å². The van der Waals surface area contributed by atoms with Crippen molar-refractivity contribution >= 4 is 5.97 Å². The average molecular weight is 234 g/mol. The first-order chi connectivity index (χ1) is 7.24. The number of aliphatic carboxylic acids is 1. The van der Waals surface area contributed by atoms with Crippen molar-refractivity contribution in [2.75, 3.05) is 0 Å². The highest BCUT2D eigenvalue weighted by Gasteiger charge is 2.30. The summed E-state index contributed by atoms with van der Waals surface area (Å²) in [6.45, 7) is 0. The lowest BCUT2D eigenvalue weighted by atomic mass is 10.0. The predicted octanol–water partition coefficient (Wildman–Crippen LogP) is 0.345. The van der Waals surface area contributed by atoms with Gasteiger partial charge in [0.25, 0.3) is 0 Å². The number of hydrogen-bond donors (Lipinski definition) is 3. The first-order valence-corrected chi connectivity index (χ1v) is 4.18. The molecule has 0 fully saturated rings. The second-order valence-electron chi connectivity index (χ2n) is 3.38. The molecule has 4 nitrogen and oxygen atoms in total. The van der Waals surface area contributed by atoms with Gasteiger partial charge in [0, 0.05) is 12.5 Å². The molecule has 0 bridgehead atoms. The van der Waals surface area contributed by atoms with E-state index in [1.165, 1.54) is 0 Å². The van der Waals surface area contributed by atoms with E-state index in [-0.39, 0.29) is 0 Å². The monoisotopic (exact) mass is 234 g/mol. The van der Waals surface area contributed by atoms with Crippen LogP contribution in [0.5, 0.6) is 0 Å². The normalized spacial score (nSPS) is 11.6. The summed E-state index contributed by atoms with van der Waals surface area (Å²) in [6, 6.07) is 0.838. The molecular formula is C9H9F3N2O2. The molecule has 0 saturated heterocycles. The molecule has 1 rings (SSSR count). The van der Waals surface area contributed by atoms with Crippen LogP contribution in [0, 0.1) is 17.5 Å². The Labute approximate surface area is 88.7 Å². The largest absolute Gasteiger partial charge is 0.479 e. The smallest absolute Gasteiger partial charge is 0.338 e. The van der Waals surface area contributed by atoms with Crippen LogP contribution in [0.1, 0.15) is 5.56 Å². The van der Waals surface area contributed by atoms with E-state index < -0.39 is 41.1 Å². The van der Waals surface area contributed by atoms with Crippen LogP contribution in [0.15, 0.2) is 12.1 Å². The fraction of sp³-hybridized carbons (Fsp3) is 0.222. The third kappa shape index (κ3) is 2.50.